The third kappa shape index (κ3) is 5.16. The molecular formula is C32H34ClN5O3. The van der Waals surface area contributed by atoms with E-state index in [2.05, 4.69) is 36.8 Å². The van der Waals surface area contributed by atoms with Crippen LogP contribution in [0.15, 0.2) is 60.9 Å². The Morgan fingerprint density at radius 2 is 1.83 bits per heavy atom. The number of aldehydes is 1. The van der Waals surface area contributed by atoms with Crippen molar-refractivity contribution in [3.8, 4) is 17.2 Å². The van der Waals surface area contributed by atoms with E-state index < -0.39 is 0 Å². The second-order valence-electron chi connectivity index (χ2n) is 11.7. The largest absolute Gasteiger partial charge is 0.497 e. The SMILES string of the molecule is COc1ccc(CN2CCN(C3CC4(C3)CN(c3ccc(C=O)c(Oc5cnc6[nH]cc(Cl)c6c5)c3)C4)CC2)cc1. The van der Waals surface area contributed by atoms with E-state index in [1.165, 1.54) is 18.4 Å². The molecule has 0 bridgehead atoms. The minimum absolute atomic E-state index is 0.412. The Kier molecular flexibility index (Phi) is 6.85. The molecule has 0 radical (unpaired) electrons. The molecule has 8 nitrogen and oxygen atoms in total. The number of aromatic amines is 1. The summed E-state index contributed by atoms with van der Waals surface area (Å²) in [6.45, 7) is 7.62. The molecule has 3 fully saturated rings. The number of methoxy groups -OCH3 is 1. The van der Waals surface area contributed by atoms with Crippen LogP contribution in [-0.2, 0) is 6.54 Å². The summed E-state index contributed by atoms with van der Waals surface area (Å²) in [5.74, 6) is 1.99. The van der Waals surface area contributed by atoms with Gasteiger partial charge in [-0.05, 0) is 48.7 Å². The van der Waals surface area contributed by atoms with Gasteiger partial charge in [0.15, 0.2) is 6.29 Å². The van der Waals surface area contributed by atoms with Gasteiger partial charge in [-0.3, -0.25) is 14.6 Å². The fraction of sp³-hybridized carbons (Fsp3) is 0.375. The predicted molar refractivity (Wildman–Crippen MR) is 161 cm³/mol. The number of nitrogens with zero attached hydrogens (tertiary/aromatic N) is 4. The second kappa shape index (κ2) is 10.7. The summed E-state index contributed by atoms with van der Waals surface area (Å²) in [7, 11) is 1.71. The van der Waals surface area contributed by atoms with Gasteiger partial charge in [0, 0.05) is 80.6 Å². The number of piperazine rings is 1. The Bertz CT molecular complexity index is 1550. The van der Waals surface area contributed by atoms with Crippen molar-refractivity contribution < 1.29 is 14.3 Å². The average Bonchev–Trinajstić information content (AvgIpc) is 3.33. The number of carbonyl (C=O) groups excluding carboxylic acids is 1. The summed E-state index contributed by atoms with van der Waals surface area (Å²) in [6, 6.07) is 16.8. The number of carbonyl (C=O) groups is 1. The van der Waals surface area contributed by atoms with E-state index in [1.807, 2.05) is 36.4 Å². The van der Waals surface area contributed by atoms with Gasteiger partial charge in [0.05, 0.1) is 23.9 Å². The highest BCUT2D eigenvalue weighted by atomic mass is 35.5. The summed E-state index contributed by atoms with van der Waals surface area (Å²) < 4.78 is 11.4. The van der Waals surface area contributed by atoms with Crippen LogP contribution in [0.25, 0.3) is 11.0 Å². The first-order valence-corrected chi connectivity index (χ1v) is 14.6. The quantitative estimate of drug-likeness (QED) is 0.275. The number of anilines is 1. The van der Waals surface area contributed by atoms with E-state index in [9.17, 15) is 4.79 Å². The van der Waals surface area contributed by atoms with Crippen LogP contribution >= 0.6 is 11.6 Å². The van der Waals surface area contributed by atoms with Crippen LogP contribution in [0.4, 0.5) is 5.69 Å². The molecule has 7 rings (SSSR count). The van der Waals surface area contributed by atoms with Gasteiger partial charge in [-0.1, -0.05) is 23.7 Å². The number of aromatic nitrogens is 2. The number of rotatable bonds is 8. The Morgan fingerprint density at radius 1 is 1.05 bits per heavy atom. The maximum Gasteiger partial charge on any atom is 0.153 e. The number of halogens is 1. The zero-order valence-corrected chi connectivity index (χ0v) is 23.9. The molecule has 2 aliphatic heterocycles. The molecule has 0 unspecified atom stereocenters. The summed E-state index contributed by atoms with van der Waals surface area (Å²) >= 11 is 6.25. The number of hydrogen-bond donors (Lipinski definition) is 1. The van der Waals surface area contributed by atoms with Crippen LogP contribution in [0.1, 0.15) is 28.8 Å². The van der Waals surface area contributed by atoms with Crippen LogP contribution in [0, 0.1) is 5.41 Å². The number of fused-ring (bicyclic) bond motifs is 1. The predicted octanol–water partition coefficient (Wildman–Crippen LogP) is 5.62. The van der Waals surface area contributed by atoms with Crippen molar-refractivity contribution in [2.24, 2.45) is 5.41 Å². The van der Waals surface area contributed by atoms with Crippen LogP contribution in [0.5, 0.6) is 17.2 Å². The minimum Gasteiger partial charge on any atom is -0.497 e. The van der Waals surface area contributed by atoms with Gasteiger partial charge in [-0.25, -0.2) is 4.98 Å². The van der Waals surface area contributed by atoms with Crippen molar-refractivity contribution in [3.63, 3.8) is 0 Å². The van der Waals surface area contributed by atoms with Gasteiger partial charge in [0.1, 0.15) is 22.9 Å². The van der Waals surface area contributed by atoms with E-state index in [0.29, 0.717) is 39.2 Å². The monoisotopic (exact) mass is 571 g/mol. The lowest BCUT2D eigenvalue weighted by Crippen LogP contribution is -2.68. The van der Waals surface area contributed by atoms with Crippen molar-refractivity contribution in [2.75, 3.05) is 51.3 Å². The number of benzene rings is 2. The summed E-state index contributed by atoms with van der Waals surface area (Å²) in [5.41, 5.74) is 4.05. The Labute approximate surface area is 244 Å². The smallest absolute Gasteiger partial charge is 0.153 e. The maximum absolute atomic E-state index is 11.7. The van der Waals surface area contributed by atoms with Gasteiger partial charge in [0.25, 0.3) is 0 Å². The first-order chi connectivity index (χ1) is 20.0. The highest BCUT2D eigenvalue weighted by Gasteiger charge is 2.54. The molecule has 41 heavy (non-hydrogen) atoms. The number of nitrogens with one attached hydrogen (secondary N) is 1. The van der Waals surface area contributed by atoms with Crippen LogP contribution in [-0.4, -0.2) is 78.5 Å². The van der Waals surface area contributed by atoms with Crippen LogP contribution < -0.4 is 14.4 Å². The van der Waals surface area contributed by atoms with Gasteiger partial charge >= 0.3 is 0 Å². The molecule has 4 aromatic rings. The van der Waals surface area contributed by atoms with Crippen molar-refractivity contribution >= 4 is 34.6 Å². The van der Waals surface area contributed by atoms with E-state index in [1.54, 1.807) is 19.5 Å². The second-order valence-corrected chi connectivity index (χ2v) is 12.1. The third-order valence-corrected chi connectivity index (χ3v) is 9.36. The molecule has 1 aliphatic carbocycles. The number of H-pyrrole nitrogens is 1. The Hall–Kier alpha value is -3.59. The van der Waals surface area contributed by atoms with Crippen molar-refractivity contribution in [3.05, 3.63) is 77.1 Å². The molecular weight excluding hydrogens is 538 g/mol. The highest BCUT2D eigenvalue weighted by molar-refractivity contribution is 6.35. The molecule has 2 saturated heterocycles. The normalized spacial score (nSPS) is 19.2. The standard InChI is InChI=1S/C32H34ClN5O3/c1-40-26-6-2-22(3-7-26)18-36-8-10-37(11-9-36)25-14-32(15-25)20-38(21-32)24-5-4-23(19-39)30(12-24)41-27-13-28-29(33)17-35-31(28)34-16-27/h2-7,12-13,16-17,19,25H,8-11,14-15,18,20-21H2,1H3,(H,34,35). The first-order valence-electron chi connectivity index (χ1n) is 14.2. The van der Waals surface area contributed by atoms with Gasteiger partial charge in [0.2, 0.25) is 0 Å². The summed E-state index contributed by atoms with van der Waals surface area (Å²) in [6.07, 6.45) is 6.71. The summed E-state index contributed by atoms with van der Waals surface area (Å²) in [4.78, 5) is 26.8. The minimum atomic E-state index is 0.412. The number of pyridine rings is 1. The van der Waals surface area contributed by atoms with Crippen LogP contribution in [0.2, 0.25) is 5.02 Å². The van der Waals surface area contributed by atoms with Crippen LogP contribution in [0.3, 0.4) is 0 Å². The molecule has 4 heterocycles. The van der Waals surface area contributed by atoms with Gasteiger partial charge < -0.3 is 19.4 Å². The van der Waals surface area contributed by atoms with Crippen molar-refractivity contribution in [2.45, 2.75) is 25.4 Å². The Morgan fingerprint density at radius 3 is 2.56 bits per heavy atom. The summed E-state index contributed by atoms with van der Waals surface area (Å²) in [5, 5.41) is 1.37. The fourth-order valence-corrected chi connectivity index (χ4v) is 6.92. The van der Waals surface area contributed by atoms with Gasteiger partial charge in [-0.15, -0.1) is 0 Å². The third-order valence-electron chi connectivity index (χ3n) is 9.05. The Balaban J connectivity index is 0.920. The lowest BCUT2D eigenvalue weighted by Gasteiger charge is -2.62. The zero-order chi connectivity index (χ0) is 28.0. The number of ether oxygens (including phenoxy) is 2. The van der Waals surface area contributed by atoms with E-state index >= 15 is 0 Å². The lowest BCUT2D eigenvalue weighted by molar-refractivity contribution is -0.0380. The van der Waals surface area contributed by atoms with Gasteiger partial charge in [-0.2, -0.15) is 0 Å². The number of hydrogen-bond acceptors (Lipinski definition) is 7. The molecule has 1 saturated carbocycles. The van der Waals surface area contributed by atoms with E-state index in [0.717, 1.165) is 68.9 Å². The molecule has 9 heteroatoms. The molecule has 0 amide bonds. The van der Waals surface area contributed by atoms with Crippen molar-refractivity contribution in [1.29, 1.82) is 0 Å². The first kappa shape index (κ1) is 26.3. The topological polar surface area (TPSA) is 73.9 Å². The zero-order valence-electron chi connectivity index (χ0n) is 23.2. The van der Waals surface area contributed by atoms with Crippen molar-refractivity contribution in [1.82, 2.24) is 19.8 Å². The fourth-order valence-electron chi connectivity index (χ4n) is 6.72. The maximum atomic E-state index is 11.7. The molecule has 2 aromatic carbocycles. The van der Waals surface area contributed by atoms with E-state index in [-0.39, 0.29) is 0 Å². The molecule has 1 N–H and O–H groups in total. The lowest BCUT2D eigenvalue weighted by atomic mass is 9.60. The molecule has 0 atom stereocenters. The molecule has 1 spiro atoms. The molecule has 212 valence electrons. The molecule has 2 aromatic heterocycles. The average molecular weight is 572 g/mol. The molecule has 3 aliphatic rings. The highest BCUT2D eigenvalue weighted by Crippen LogP contribution is 2.52. The van der Waals surface area contributed by atoms with E-state index in [4.69, 9.17) is 21.1 Å².